The number of aromatic hydroxyl groups is 1. The standard InChI is InChI=1S/C10H13F2NO3/c1-16-10-6(12)4-5(11)8(9(10)15)7(13)2-3-14/h4,7,14-15H,2-3,13H2,1H3. The third-order valence-electron chi connectivity index (χ3n) is 2.21. The molecule has 1 aromatic rings. The quantitative estimate of drug-likeness (QED) is 0.726. The SMILES string of the molecule is COc1c(F)cc(F)c(C(N)CCO)c1O. The van der Waals surface area contributed by atoms with Crippen molar-refractivity contribution < 1.29 is 23.7 Å². The molecule has 16 heavy (non-hydrogen) atoms. The molecular formula is C10H13F2NO3. The van der Waals surface area contributed by atoms with Gasteiger partial charge in [-0.3, -0.25) is 0 Å². The van der Waals surface area contributed by atoms with Crippen LogP contribution in [0.3, 0.4) is 0 Å². The van der Waals surface area contributed by atoms with Gasteiger partial charge in [0, 0.05) is 18.7 Å². The van der Waals surface area contributed by atoms with Gasteiger partial charge < -0.3 is 20.7 Å². The fourth-order valence-electron chi connectivity index (χ4n) is 1.43. The molecule has 90 valence electrons. The van der Waals surface area contributed by atoms with E-state index in [1.165, 1.54) is 0 Å². The van der Waals surface area contributed by atoms with E-state index in [2.05, 4.69) is 4.74 Å². The van der Waals surface area contributed by atoms with Crippen molar-refractivity contribution in [1.82, 2.24) is 0 Å². The van der Waals surface area contributed by atoms with Gasteiger partial charge in [-0.1, -0.05) is 0 Å². The molecule has 1 aromatic carbocycles. The summed E-state index contributed by atoms with van der Waals surface area (Å²) < 4.78 is 31.1. The van der Waals surface area contributed by atoms with E-state index >= 15 is 0 Å². The van der Waals surface area contributed by atoms with Crippen LogP contribution in [-0.2, 0) is 0 Å². The van der Waals surface area contributed by atoms with Crippen LogP contribution in [0.25, 0.3) is 0 Å². The molecule has 0 aromatic heterocycles. The number of benzene rings is 1. The van der Waals surface area contributed by atoms with Crippen molar-refractivity contribution in [3.05, 3.63) is 23.3 Å². The molecule has 0 bridgehead atoms. The van der Waals surface area contributed by atoms with Gasteiger partial charge in [0.15, 0.2) is 17.3 Å². The number of halogens is 2. The number of aliphatic hydroxyl groups is 1. The Morgan fingerprint density at radius 3 is 2.56 bits per heavy atom. The van der Waals surface area contributed by atoms with Crippen molar-refractivity contribution in [3.8, 4) is 11.5 Å². The summed E-state index contributed by atoms with van der Waals surface area (Å²) in [7, 11) is 1.15. The lowest BCUT2D eigenvalue weighted by molar-refractivity contribution is 0.272. The lowest BCUT2D eigenvalue weighted by atomic mass is 10.0. The molecule has 6 heteroatoms. The minimum Gasteiger partial charge on any atom is -0.504 e. The van der Waals surface area contributed by atoms with E-state index in [0.717, 1.165) is 7.11 Å². The van der Waals surface area contributed by atoms with Gasteiger partial charge in [-0.15, -0.1) is 0 Å². The van der Waals surface area contributed by atoms with Crippen molar-refractivity contribution >= 4 is 0 Å². The summed E-state index contributed by atoms with van der Waals surface area (Å²) in [6, 6.07) is -0.329. The second kappa shape index (κ2) is 5.09. The summed E-state index contributed by atoms with van der Waals surface area (Å²) in [6.07, 6.45) is 0.0548. The van der Waals surface area contributed by atoms with Crippen molar-refractivity contribution in [3.63, 3.8) is 0 Å². The number of hydrogen-bond acceptors (Lipinski definition) is 4. The van der Waals surface area contributed by atoms with Crippen LogP contribution in [0.5, 0.6) is 11.5 Å². The predicted octanol–water partition coefficient (Wildman–Crippen LogP) is 1.06. The minimum absolute atomic E-state index is 0.0548. The maximum Gasteiger partial charge on any atom is 0.197 e. The molecule has 0 radical (unpaired) electrons. The number of rotatable bonds is 4. The Morgan fingerprint density at radius 1 is 1.44 bits per heavy atom. The molecule has 0 saturated heterocycles. The van der Waals surface area contributed by atoms with Crippen LogP contribution in [0.4, 0.5) is 8.78 Å². The van der Waals surface area contributed by atoms with Gasteiger partial charge in [-0.05, 0) is 6.42 Å². The van der Waals surface area contributed by atoms with Crippen LogP contribution in [0, 0.1) is 11.6 Å². The summed E-state index contributed by atoms with van der Waals surface area (Å²) in [5, 5.41) is 18.3. The maximum atomic E-state index is 13.4. The van der Waals surface area contributed by atoms with Gasteiger partial charge in [0.05, 0.1) is 12.7 Å². The lowest BCUT2D eigenvalue weighted by Crippen LogP contribution is -2.14. The number of hydrogen-bond donors (Lipinski definition) is 3. The summed E-state index contributed by atoms with van der Waals surface area (Å²) in [6.45, 7) is -0.264. The molecule has 1 rings (SSSR count). The molecule has 0 amide bonds. The normalized spacial score (nSPS) is 12.6. The van der Waals surface area contributed by atoms with E-state index in [-0.39, 0.29) is 18.6 Å². The Kier molecular flexibility index (Phi) is 4.03. The highest BCUT2D eigenvalue weighted by molar-refractivity contribution is 5.48. The molecule has 0 aliphatic carbocycles. The highest BCUT2D eigenvalue weighted by Crippen LogP contribution is 2.38. The van der Waals surface area contributed by atoms with E-state index in [1.807, 2.05) is 0 Å². The first-order valence-electron chi connectivity index (χ1n) is 4.64. The van der Waals surface area contributed by atoms with E-state index in [4.69, 9.17) is 10.8 Å². The highest BCUT2D eigenvalue weighted by Gasteiger charge is 2.22. The number of ether oxygens (including phenoxy) is 1. The fraction of sp³-hybridized carbons (Fsp3) is 0.400. The van der Waals surface area contributed by atoms with Crippen LogP contribution < -0.4 is 10.5 Å². The van der Waals surface area contributed by atoms with E-state index in [9.17, 15) is 13.9 Å². The fourth-order valence-corrected chi connectivity index (χ4v) is 1.43. The molecule has 1 unspecified atom stereocenters. The number of methoxy groups -OCH3 is 1. The first-order valence-corrected chi connectivity index (χ1v) is 4.64. The molecule has 4 nitrogen and oxygen atoms in total. The summed E-state index contributed by atoms with van der Waals surface area (Å²) in [5.74, 6) is -3.08. The highest BCUT2D eigenvalue weighted by atomic mass is 19.1. The van der Waals surface area contributed by atoms with Crippen molar-refractivity contribution in [1.29, 1.82) is 0 Å². The van der Waals surface area contributed by atoms with Gasteiger partial charge >= 0.3 is 0 Å². The van der Waals surface area contributed by atoms with E-state index in [0.29, 0.717) is 6.07 Å². The Bertz CT molecular complexity index is 385. The molecule has 0 spiro atoms. The molecule has 0 aliphatic rings. The van der Waals surface area contributed by atoms with Crippen molar-refractivity contribution in [2.24, 2.45) is 5.73 Å². The van der Waals surface area contributed by atoms with Crippen LogP contribution in [-0.4, -0.2) is 23.9 Å². The third-order valence-corrected chi connectivity index (χ3v) is 2.21. The molecule has 0 saturated carbocycles. The predicted molar refractivity (Wildman–Crippen MR) is 53.2 cm³/mol. The van der Waals surface area contributed by atoms with Crippen LogP contribution >= 0.6 is 0 Å². The topological polar surface area (TPSA) is 75.7 Å². The zero-order valence-corrected chi connectivity index (χ0v) is 8.70. The lowest BCUT2D eigenvalue weighted by Gasteiger charge is -2.15. The first kappa shape index (κ1) is 12.7. The number of phenols is 1. The Hall–Kier alpha value is -1.40. The average Bonchev–Trinajstić information content (AvgIpc) is 2.17. The monoisotopic (exact) mass is 233 g/mol. The van der Waals surface area contributed by atoms with Crippen LogP contribution in [0.15, 0.2) is 6.07 Å². The smallest absolute Gasteiger partial charge is 0.197 e. The largest absolute Gasteiger partial charge is 0.504 e. The molecule has 0 aliphatic heterocycles. The van der Waals surface area contributed by atoms with Crippen LogP contribution in [0.2, 0.25) is 0 Å². The molecule has 4 N–H and O–H groups in total. The van der Waals surface area contributed by atoms with Gasteiger partial charge in [-0.2, -0.15) is 0 Å². The maximum absolute atomic E-state index is 13.4. The Morgan fingerprint density at radius 2 is 2.06 bits per heavy atom. The Labute approximate surface area is 91.3 Å². The zero-order valence-electron chi connectivity index (χ0n) is 8.70. The summed E-state index contributed by atoms with van der Waals surface area (Å²) >= 11 is 0. The Balaban J connectivity index is 3.27. The van der Waals surface area contributed by atoms with Crippen molar-refractivity contribution in [2.45, 2.75) is 12.5 Å². The number of aliphatic hydroxyl groups excluding tert-OH is 1. The van der Waals surface area contributed by atoms with Crippen molar-refractivity contribution in [2.75, 3.05) is 13.7 Å². The second-order valence-electron chi connectivity index (χ2n) is 3.25. The van der Waals surface area contributed by atoms with Gasteiger partial charge in [0.2, 0.25) is 0 Å². The average molecular weight is 233 g/mol. The van der Waals surface area contributed by atoms with E-state index < -0.39 is 29.2 Å². The molecule has 0 heterocycles. The molecule has 0 fully saturated rings. The second-order valence-corrected chi connectivity index (χ2v) is 3.25. The van der Waals surface area contributed by atoms with Gasteiger partial charge in [0.25, 0.3) is 0 Å². The zero-order chi connectivity index (χ0) is 12.3. The van der Waals surface area contributed by atoms with E-state index in [1.54, 1.807) is 0 Å². The summed E-state index contributed by atoms with van der Waals surface area (Å²) in [4.78, 5) is 0. The summed E-state index contributed by atoms with van der Waals surface area (Å²) in [5.41, 5.74) is 5.29. The number of phenolic OH excluding ortho intramolecular Hbond substituents is 1. The first-order chi connectivity index (χ1) is 7.52. The van der Waals surface area contributed by atoms with Gasteiger partial charge in [0.1, 0.15) is 5.82 Å². The third kappa shape index (κ3) is 2.23. The van der Waals surface area contributed by atoms with Gasteiger partial charge in [-0.25, -0.2) is 8.78 Å². The number of nitrogens with two attached hydrogens (primary N) is 1. The molecular weight excluding hydrogens is 220 g/mol. The minimum atomic E-state index is -1.00. The van der Waals surface area contributed by atoms with Crippen LogP contribution in [0.1, 0.15) is 18.0 Å². The molecule has 1 atom stereocenters.